The van der Waals surface area contributed by atoms with Crippen LogP contribution in [-0.2, 0) is 14.8 Å². The molecule has 0 aliphatic rings. The van der Waals surface area contributed by atoms with Crippen molar-refractivity contribution in [3.05, 3.63) is 35.3 Å². The highest BCUT2D eigenvalue weighted by Gasteiger charge is 2.24. The van der Waals surface area contributed by atoms with Crippen molar-refractivity contribution in [1.82, 2.24) is 4.31 Å². The minimum atomic E-state index is -3.59. The summed E-state index contributed by atoms with van der Waals surface area (Å²) in [6.45, 7) is 4.41. The van der Waals surface area contributed by atoms with Crippen LogP contribution in [0.25, 0.3) is 0 Å². The van der Waals surface area contributed by atoms with Gasteiger partial charge in [-0.1, -0.05) is 6.08 Å². The molecule has 7 heteroatoms. The quantitative estimate of drug-likeness (QED) is 0.664. The summed E-state index contributed by atoms with van der Waals surface area (Å²) in [6, 6.07) is 4.65. The summed E-state index contributed by atoms with van der Waals surface area (Å²) in [4.78, 5) is 0.197. The molecule has 0 bridgehead atoms. The smallest absolute Gasteiger partial charge is 0.243 e. The van der Waals surface area contributed by atoms with Crippen LogP contribution in [0.15, 0.2) is 40.2 Å². The van der Waals surface area contributed by atoms with Crippen molar-refractivity contribution in [2.75, 3.05) is 33.9 Å². The van der Waals surface area contributed by atoms with E-state index in [2.05, 4.69) is 22.5 Å². The van der Waals surface area contributed by atoms with Crippen molar-refractivity contribution in [2.45, 2.75) is 4.90 Å². The number of methoxy groups -OCH3 is 2. The monoisotopic (exact) mass is 363 g/mol. The number of hydrogen-bond acceptors (Lipinski definition) is 4. The van der Waals surface area contributed by atoms with Gasteiger partial charge in [0.25, 0.3) is 0 Å². The highest BCUT2D eigenvalue weighted by atomic mass is 79.9. The standard InChI is InChI=1S/C13H18BrNO4S/c1-4-7-15(8-9-18-2)20(16,17)11-5-6-13(19-3)12(14)10-11/h4-6,10H,1,7-9H2,2-3H3. The SMILES string of the molecule is C=CCN(CCOC)S(=O)(=O)c1ccc(OC)c(Br)c1. The minimum absolute atomic E-state index is 0.197. The maximum atomic E-state index is 12.5. The molecule has 0 saturated carbocycles. The van der Waals surface area contributed by atoms with Gasteiger partial charge in [0, 0.05) is 20.2 Å². The van der Waals surface area contributed by atoms with E-state index in [1.54, 1.807) is 12.1 Å². The molecular formula is C13H18BrNO4S. The highest BCUT2D eigenvalue weighted by Crippen LogP contribution is 2.28. The van der Waals surface area contributed by atoms with E-state index in [-0.39, 0.29) is 18.0 Å². The molecule has 0 fully saturated rings. The predicted molar refractivity (Wildman–Crippen MR) is 81.5 cm³/mol. The van der Waals surface area contributed by atoms with Gasteiger partial charge in [0.2, 0.25) is 10.0 Å². The summed E-state index contributed by atoms with van der Waals surface area (Å²) in [5, 5.41) is 0. The van der Waals surface area contributed by atoms with Crippen LogP contribution in [-0.4, -0.2) is 46.6 Å². The maximum Gasteiger partial charge on any atom is 0.243 e. The Labute approximate surface area is 128 Å². The zero-order chi connectivity index (χ0) is 15.2. The molecule has 0 aromatic heterocycles. The topological polar surface area (TPSA) is 55.8 Å². The van der Waals surface area contributed by atoms with Crippen molar-refractivity contribution < 1.29 is 17.9 Å². The highest BCUT2D eigenvalue weighted by molar-refractivity contribution is 9.10. The lowest BCUT2D eigenvalue weighted by Crippen LogP contribution is -2.34. The molecule has 1 aromatic carbocycles. The normalized spacial score (nSPS) is 11.6. The fourth-order valence-corrected chi connectivity index (χ4v) is 3.72. The molecule has 5 nitrogen and oxygen atoms in total. The van der Waals surface area contributed by atoms with Crippen LogP contribution in [0.5, 0.6) is 5.75 Å². The Balaban J connectivity index is 3.11. The van der Waals surface area contributed by atoms with Crippen LogP contribution in [0, 0.1) is 0 Å². The zero-order valence-corrected chi connectivity index (χ0v) is 13.9. The third-order valence-corrected chi connectivity index (χ3v) is 5.12. The lowest BCUT2D eigenvalue weighted by atomic mass is 10.3. The van der Waals surface area contributed by atoms with Gasteiger partial charge in [0.15, 0.2) is 0 Å². The fourth-order valence-electron chi connectivity index (χ4n) is 1.60. The van der Waals surface area contributed by atoms with E-state index < -0.39 is 10.0 Å². The molecule has 0 unspecified atom stereocenters. The molecule has 0 heterocycles. The summed E-state index contributed by atoms with van der Waals surface area (Å²) in [6.07, 6.45) is 1.55. The summed E-state index contributed by atoms with van der Waals surface area (Å²) in [5.74, 6) is 0.580. The number of nitrogens with zero attached hydrogens (tertiary/aromatic N) is 1. The summed E-state index contributed by atoms with van der Waals surface area (Å²) >= 11 is 3.29. The molecule has 112 valence electrons. The third-order valence-electron chi connectivity index (χ3n) is 2.64. The molecule has 0 atom stereocenters. The van der Waals surface area contributed by atoms with Crippen LogP contribution < -0.4 is 4.74 Å². The van der Waals surface area contributed by atoms with Gasteiger partial charge in [-0.15, -0.1) is 6.58 Å². The first-order valence-electron chi connectivity index (χ1n) is 5.91. The van der Waals surface area contributed by atoms with Gasteiger partial charge >= 0.3 is 0 Å². The van der Waals surface area contributed by atoms with E-state index in [1.165, 1.54) is 30.7 Å². The van der Waals surface area contributed by atoms with Crippen molar-refractivity contribution in [3.8, 4) is 5.75 Å². The Hall–Kier alpha value is -0.890. The number of sulfonamides is 1. The number of rotatable bonds is 8. The average molecular weight is 364 g/mol. The minimum Gasteiger partial charge on any atom is -0.496 e. The van der Waals surface area contributed by atoms with Crippen molar-refractivity contribution in [2.24, 2.45) is 0 Å². The fraction of sp³-hybridized carbons (Fsp3) is 0.385. The Kier molecular flexibility index (Phi) is 6.67. The first kappa shape index (κ1) is 17.2. The summed E-state index contributed by atoms with van der Waals surface area (Å²) < 4.78 is 37.0. The van der Waals surface area contributed by atoms with E-state index in [4.69, 9.17) is 9.47 Å². The average Bonchev–Trinajstić information content (AvgIpc) is 2.43. The van der Waals surface area contributed by atoms with E-state index in [9.17, 15) is 8.42 Å². The Bertz CT molecular complexity index is 559. The van der Waals surface area contributed by atoms with Gasteiger partial charge in [-0.3, -0.25) is 0 Å². The largest absolute Gasteiger partial charge is 0.496 e. The van der Waals surface area contributed by atoms with Gasteiger partial charge in [0.1, 0.15) is 5.75 Å². The van der Waals surface area contributed by atoms with E-state index in [1.807, 2.05) is 0 Å². The van der Waals surface area contributed by atoms with E-state index in [0.29, 0.717) is 16.8 Å². The number of hydrogen-bond donors (Lipinski definition) is 0. The van der Waals surface area contributed by atoms with Crippen LogP contribution in [0.3, 0.4) is 0 Å². The first-order chi connectivity index (χ1) is 9.47. The molecule has 20 heavy (non-hydrogen) atoms. The Morgan fingerprint density at radius 3 is 2.60 bits per heavy atom. The molecule has 1 rings (SSSR count). The molecule has 0 saturated heterocycles. The van der Waals surface area contributed by atoms with Crippen molar-refractivity contribution in [3.63, 3.8) is 0 Å². The predicted octanol–water partition coefficient (Wildman–Crippen LogP) is 2.28. The van der Waals surface area contributed by atoms with E-state index in [0.717, 1.165) is 0 Å². The number of halogens is 1. The Morgan fingerprint density at radius 1 is 1.40 bits per heavy atom. The molecule has 0 aliphatic carbocycles. The van der Waals surface area contributed by atoms with Gasteiger partial charge in [-0.2, -0.15) is 4.31 Å². The van der Waals surface area contributed by atoms with Crippen molar-refractivity contribution in [1.29, 1.82) is 0 Å². The first-order valence-corrected chi connectivity index (χ1v) is 8.14. The van der Waals surface area contributed by atoms with Crippen LogP contribution in [0.1, 0.15) is 0 Å². The Morgan fingerprint density at radius 2 is 2.10 bits per heavy atom. The summed E-state index contributed by atoms with van der Waals surface area (Å²) in [5.41, 5.74) is 0. The van der Waals surface area contributed by atoms with Gasteiger partial charge < -0.3 is 9.47 Å². The van der Waals surface area contributed by atoms with Crippen LogP contribution in [0.4, 0.5) is 0 Å². The second kappa shape index (κ2) is 7.78. The molecule has 0 N–H and O–H groups in total. The molecule has 0 aliphatic heterocycles. The zero-order valence-electron chi connectivity index (χ0n) is 11.5. The molecule has 1 aromatic rings. The van der Waals surface area contributed by atoms with Gasteiger partial charge in [0.05, 0.1) is 23.1 Å². The lowest BCUT2D eigenvalue weighted by Gasteiger charge is -2.20. The molecule has 0 amide bonds. The lowest BCUT2D eigenvalue weighted by molar-refractivity contribution is 0.182. The van der Waals surface area contributed by atoms with Gasteiger partial charge in [-0.25, -0.2) is 8.42 Å². The van der Waals surface area contributed by atoms with Crippen molar-refractivity contribution >= 4 is 26.0 Å². The second-order valence-electron chi connectivity index (χ2n) is 3.94. The van der Waals surface area contributed by atoms with E-state index >= 15 is 0 Å². The molecule has 0 radical (unpaired) electrons. The number of benzene rings is 1. The summed E-state index contributed by atoms with van der Waals surface area (Å²) in [7, 11) is -0.531. The third kappa shape index (κ3) is 4.05. The molecular weight excluding hydrogens is 346 g/mol. The van der Waals surface area contributed by atoms with Gasteiger partial charge in [-0.05, 0) is 34.1 Å². The van der Waals surface area contributed by atoms with Crippen LogP contribution >= 0.6 is 15.9 Å². The second-order valence-corrected chi connectivity index (χ2v) is 6.73. The molecule has 0 spiro atoms. The van der Waals surface area contributed by atoms with Crippen LogP contribution in [0.2, 0.25) is 0 Å². The maximum absolute atomic E-state index is 12.5. The number of ether oxygens (including phenoxy) is 2.